The molecule has 0 saturated heterocycles. The van der Waals surface area contributed by atoms with Gasteiger partial charge >= 0.3 is 5.97 Å². The number of ether oxygens (including phenoxy) is 1. The fourth-order valence-electron chi connectivity index (χ4n) is 3.42. The van der Waals surface area contributed by atoms with Crippen LogP contribution in [0.25, 0.3) is 0 Å². The highest BCUT2D eigenvalue weighted by Crippen LogP contribution is 2.40. The summed E-state index contributed by atoms with van der Waals surface area (Å²) < 4.78 is 5.30. The van der Waals surface area contributed by atoms with Gasteiger partial charge in [0.2, 0.25) is 5.91 Å². The number of benzene rings is 1. The highest BCUT2D eigenvalue weighted by molar-refractivity contribution is 7.17. The summed E-state index contributed by atoms with van der Waals surface area (Å²) in [5, 5.41) is 14.9. The molecule has 0 aliphatic heterocycles. The molecule has 7 nitrogen and oxygen atoms in total. The summed E-state index contributed by atoms with van der Waals surface area (Å²) in [7, 11) is 1.53. The van der Waals surface area contributed by atoms with Crippen molar-refractivity contribution >= 4 is 39.8 Å². The predicted octanol–water partition coefficient (Wildman–Crippen LogP) is 3.94. The molecule has 0 fully saturated rings. The van der Waals surface area contributed by atoms with Gasteiger partial charge in [-0.3, -0.25) is 14.4 Å². The molecule has 2 amide bonds. The van der Waals surface area contributed by atoms with Gasteiger partial charge in [0.15, 0.2) is 0 Å². The second-order valence-corrected chi connectivity index (χ2v) is 8.26. The second-order valence-electron chi connectivity index (χ2n) is 7.15. The average molecular weight is 416 g/mol. The molecule has 29 heavy (non-hydrogen) atoms. The molecular weight excluding hydrogens is 392 g/mol. The molecule has 1 aromatic carbocycles. The van der Waals surface area contributed by atoms with E-state index in [9.17, 15) is 14.4 Å². The molecule has 0 spiro atoms. The van der Waals surface area contributed by atoms with Gasteiger partial charge in [0, 0.05) is 11.3 Å². The van der Waals surface area contributed by atoms with Crippen molar-refractivity contribution in [3.05, 3.63) is 40.3 Å². The molecule has 154 valence electrons. The van der Waals surface area contributed by atoms with Crippen LogP contribution in [-0.2, 0) is 22.4 Å². The second kappa shape index (κ2) is 9.09. The lowest BCUT2D eigenvalue weighted by atomic mass is 9.88. The molecule has 1 heterocycles. The van der Waals surface area contributed by atoms with Crippen molar-refractivity contribution in [3.8, 4) is 5.75 Å². The van der Waals surface area contributed by atoms with Crippen LogP contribution in [0.3, 0.4) is 0 Å². The number of hydrogen-bond donors (Lipinski definition) is 3. The maximum absolute atomic E-state index is 13.2. The van der Waals surface area contributed by atoms with Gasteiger partial charge in [-0.05, 0) is 42.9 Å². The Morgan fingerprint density at radius 3 is 2.69 bits per heavy atom. The Kier molecular flexibility index (Phi) is 6.53. The Morgan fingerprint density at radius 1 is 1.21 bits per heavy atom. The molecule has 1 aliphatic rings. The highest BCUT2D eigenvalue weighted by Gasteiger charge is 2.28. The number of carboxylic acids is 1. The van der Waals surface area contributed by atoms with E-state index in [0.717, 1.165) is 29.7 Å². The Labute approximate surface area is 173 Å². The largest absolute Gasteiger partial charge is 0.495 e. The molecule has 3 N–H and O–H groups in total. The first-order valence-electron chi connectivity index (χ1n) is 9.49. The van der Waals surface area contributed by atoms with Crippen LogP contribution in [-0.4, -0.2) is 30.0 Å². The lowest BCUT2D eigenvalue weighted by Gasteiger charge is -2.19. The number of amides is 2. The Balaban J connectivity index is 1.90. The molecule has 1 atom stereocenters. The number of para-hydroxylation sites is 2. The molecule has 1 aliphatic carbocycles. The first-order valence-corrected chi connectivity index (χ1v) is 10.3. The van der Waals surface area contributed by atoms with Gasteiger partial charge in [-0.2, -0.15) is 0 Å². The lowest BCUT2D eigenvalue weighted by molar-refractivity contribution is -0.138. The zero-order valence-corrected chi connectivity index (χ0v) is 17.2. The monoisotopic (exact) mass is 416 g/mol. The fourth-order valence-corrected chi connectivity index (χ4v) is 4.85. The summed E-state index contributed by atoms with van der Waals surface area (Å²) in [5.74, 6) is -0.693. The number of rotatable bonds is 7. The standard InChI is InChI=1S/C21H24N2O5S/c1-12-7-8-13-16(11-12)29-21(23-17(24)9-10-18(25)26)19(13)20(27)22-14-5-3-4-6-15(14)28-2/h3-6,12H,7-11H2,1-2H3,(H,22,27)(H,23,24)(H,25,26)/t12-/m0/s1. The van der Waals surface area contributed by atoms with Crippen molar-refractivity contribution in [1.82, 2.24) is 0 Å². The molecule has 8 heteroatoms. The number of thiophene rings is 1. The van der Waals surface area contributed by atoms with Gasteiger partial charge in [-0.15, -0.1) is 11.3 Å². The van der Waals surface area contributed by atoms with Gasteiger partial charge in [-0.1, -0.05) is 19.1 Å². The minimum atomic E-state index is -1.03. The summed E-state index contributed by atoms with van der Waals surface area (Å²) in [4.78, 5) is 37.2. The van der Waals surface area contributed by atoms with Crippen molar-refractivity contribution in [2.45, 2.75) is 39.0 Å². The molecular formula is C21H24N2O5S. The number of carbonyl (C=O) groups excluding carboxylic acids is 2. The zero-order valence-electron chi connectivity index (χ0n) is 16.4. The van der Waals surface area contributed by atoms with E-state index in [1.807, 2.05) is 6.07 Å². The number of carboxylic acid groups (broad SMARTS) is 1. The Bertz CT molecular complexity index is 937. The third kappa shape index (κ3) is 4.95. The molecule has 2 aromatic rings. The number of anilines is 2. The third-order valence-corrected chi connectivity index (χ3v) is 6.08. The first kappa shape index (κ1) is 20.9. The van der Waals surface area contributed by atoms with Crippen molar-refractivity contribution in [2.24, 2.45) is 5.92 Å². The average Bonchev–Trinajstić information content (AvgIpc) is 3.03. The van der Waals surface area contributed by atoms with E-state index in [1.54, 1.807) is 18.2 Å². The van der Waals surface area contributed by atoms with E-state index in [1.165, 1.54) is 18.4 Å². The van der Waals surface area contributed by atoms with E-state index in [2.05, 4.69) is 17.6 Å². The van der Waals surface area contributed by atoms with E-state index >= 15 is 0 Å². The van der Waals surface area contributed by atoms with E-state index < -0.39 is 11.9 Å². The fraction of sp³-hybridized carbons (Fsp3) is 0.381. The number of carbonyl (C=O) groups is 3. The van der Waals surface area contributed by atoms with Gasteiger partial charge in [-0.25, -0.2) is 0 Å². The summed E-state index contributed by atoms with van der Waals surface area (Å²) >= 11 is 1.41. The van der Waals surface area contributed by atoms with Crippen LogP contribution in [0.4, 0.5) is 10.7 Å². The predicted molar refractivity (Wildman–Crippen MR) is 112 cm³/mol. The third-order valence-electron chi connectivity index (χ3n) is 4.91. The molecule has 0 bridgehead atoms. The van der Waals surface area contributed by atoms with Crippen LogP contribution in [0.1, 0.15) is 47.0 Å². The number of hydrogen-bond acceptors (Lipinski definition) is 5. The lowest BCUT2D eigenvalue weighted by Crippen LogP contribution is -2.20. The van der Waals surface area contributed by atoms with Crippen LogP contribution < -0.4 is 15.4 Å². The summed E-state index contributed by atoms with van der Waals surface area (Å²) in [6, 6.07) is 7.13. The van der Waals surface area contributed by atoms with E-state index in [4.69, 9.17) is 9.84 Å². The maximum atomic E-state index is 13.2. The van der Waals surface area contributed by atoms with Gasteiger partial charge < -0.3 is 20.5 Å². The molecule has 0 radical (unpaired) electrons. The van der Waals surface area contributed by atoms with Crippen molar-refractivity contribution in [3.63, 3.8) is 0 Å². The molecule has 3 rings (SSSR count). The maximum Gasteiger partial charge on any atom is 0.303 e. The topological polar surface area (TPSA) is 105 Å². The highest BCUT2D eigenvalue weighted by atomic mass is 32.1. The first-order chi connectivity index (χ1) is 13.9. The molecule has 0 unspecified atom stereocenters. The summed E-state index contributed by atoms with van der Waals surface area (Å²) in [6.07, 6.45) is 2.22. The quantitative estimate of drug-likeness (QED) is 0.634. The van der Waals surface area contributed by atoms with Crippen molar-refractivity contribution in [2.75, 3.05) is 17.7 Å². The summed E-state index contributed by atoms with van der Waals surface area (Å²) in [6.45, 7) is 2.17. The molecule has 1 aromatic heterocycles. The van der Waals surface area contributed by atoms with Crippen LogP contribution in [0, 0.1) is 5.92 Å². The van der Waals surface area contributed by atoms with Gasteiger partial charge in [0.1, 0.15) is 10.8 Å². The van der Waals surface area contributed by atoms with Crippen LogP contribution in [0.2, 0.25) is 0 Å². The van der Waals surface area contributed by atoms with Crippen LogP contribution >= 0.6 is 11.3 Å². The minimum absolute atomic E-state index is 0.137. The SMILES string of the molecule is COc1ccccc1NC(=O)c1c(NC(=O)CCC(=O)O)sc2c1CC[C@H](C)C2. The number of fused-ring (bicyclic) bond motifs is 1. The van der Waals surface area contributed by atoms with Crippen LogP contribution in [0.15, 0.2) is 24.3 Å². The van der Waals surface area contributed by atoms with Crippen molar-refractivity contribution in [1.29, 1.82) is 0 Å². The zero-order chi connectivity index (χ0) is 21.0. The number of nitrogens with one attached hydrogen (secondary N) is 2. The normalized spacial score (nSPS) is 15.3. The molecule has 0 saturated carbocycles. The Hall–Kier alpha value is -2.87. The Morgan fingerprint density at radius 2 is 1.97 bits per heavy atom. The van der Waals surface area contributed by atoms with Crippen molar-refractivity contribution < 1.29 is 24.2 Å². The van der Waals surface area contributed by atoms with Gasteiger partial charge in [0.05, 0.1) is 24.8 Å². The summed E-state index contributed by atoms with van der Waals surface area (Å²) in [5.41, 5.74) is 1.98. The van der Waals surface area contributed by atoms with E-state index in [0.29, 0.717) is 27.9 Å². The number of aliphatic carboxylic acids is 1. The minimum Gasteiger partial charge on any atom is -0.495 e. The number of methoxy groups -OCH3 is 1. The smallest absolute Gasteiger partial charge is 0.303 e. The van der Waals surface area contributed by atoms with Gasteiger partial charge in [0.25, 0.3) is 5.91 Å². The van der Waals surface area contributed by atoms with Crippen LogP contribution in [0.5, 0.6) is 5.75 Å². The van der Waals surface area contributed by atoms with E-state index in [-0.39, 0.29) is 18.7 Å².